The van der Waals surface area contributed by atoms with E-state index in [2.05, 4.69) is 79.9 Å². The van der Waals surface area contributed by atoms with Crippen LogP contribution in [0.3, 0.4) is 0 Å². The molecule has 2 atom stereocenters. The lowest BCUT2D eigenvalue weighted by Crippen LogP contribution is -2.27. The van der Waals surface area contributed by atoms with Crippen molar-refractivity contribution in [2.75, 3.05) is 26.4 Å². The molecular formula is C50H90NO8P. The number of phosphoric acid groups is 1. The molecular weight excluding hydrogens is 774 g/mol. The highest BCUT2D eigenvalue weighted by Gasteiger charge is 2.23. The van der Waals surface area contributed by atoms with E-state index in [1.165, 1.54) is 96.3 Å². The lowest BCUT2D eigenvalue weighted by Gasteiger charge is -2.15. The van der Waals surface area contributed by atoms with Gasteiger partial charge in [-0.2, -0.15) is 0 Å². The van der Waals surface area contributed by atoms with Crippen molar-refractivity contribution in [2.24, 2.45) is 0 Å². The highest BCUT2D eigenvalue weighted by atomic mass is 31.2. The van der Waals surface area contributed by atoms with Crippen LogP contribution in [0.25, 0.3) is 0 Å². The monoisotopic (exact) mass is 864 g/mol. The summed E-state index contributed by atoms with van der Waals surface area (Å²) in [5.74, 6) is -0.539. The van der Waals surface area contributed by atoms with E-state index < -0.39 is 26.5 Å². The van der Waals surface area contributed by atoms with Gasteiger partial charge in [0.15, 0.2) is 0 Å². The second-order valence-corrected chi connectivity index (χ2v) is 17.5. The topological polar surface area (TPSA) is 131 Å². The van der Waals surface area contributed by atoms with Crippen LogP contribution in [0.15, 0.2) is 60.8 Å². The molecule has 0 fully saturated rings. The number of nitrogens with one attached hydrogen (secondary N) is 1. The Morgan fingerprint density at radius 3 is 1.40 bits per heavy atom. The molecule has 9 nitrogen and oxygen atoms in total. The van der Waals surface area contributed by atoms with Gasteiger partial charge in [0.2, 0.25) is 5.91 Å². The fourth-order valence-electron chi connectivity index (χ4n) is 6.48. The van der Waals surface area contributed by atoms with Crippen molar-refractivity contribution in [3.05, 3.63) is 60.8 Å². The fourth-order valence-corrected chi connectivity index (χ4v) is 7.23. The Morgan fingerprint density at radius 1 is 0.517 bits per heavy atom. The Bertz CT molecular complexity index is 1170. The number of aliphatic hydroxyl groups excluding tert-OH is 1. The van der Waals surface area contributed by atoms with Gasteiger partial charge in [-0.25, -0.2) is 4.57 Å². The molecule has 0 radical (unpaired) electrons. The van der Waals surface area contributed by atoms with E-state index in [0.717, 1.165) is 89.9 Å². The number of carbonyl (C=O) groups excluding carboxylic acids is 2. The van der Waals surface area contributed by atoms with Crippen molar-refractivity contribution in [2.45, 2.75) is 219 Å². The third-order valence-electron chi connectivity index (χ3n) is 10.2. The molecule has 0 aliphatic carbocycles. The normalized spacial score (nSPS) is 13.7. The van der Waals surface area contributed by atoms with E-state index in [0.29, 0.717) is 6.42 Å². The number of hydrogen-bond donors (Lipinski definition) is 3. The summed E-state index contributed by atoms with van der Waals surface area (Å²) in [5.41, 5.74) is 0. The maximum absolute atomic E-state index is 12.1. The van der Waals surface area contributed by atoms with Crippen molar-refractivity contribution >= 4 is 19.7 Å². The SMILES string of the molecule is CCCCC/C=C\C/C=C\C/C=C\C/C=C\CCCCCCCC(=O)NCCOP(=O)(O)OCC(O)COC(=O)CCCCCCCCC/C=C\CCCCCCCCC. The minimum Gasteiger partial charge on any atom is -0.463 e. The van der Waals surface area contributed by atoms with Crippen LogP contribution in [-0.2, 0) is 27.9 Å². The molecule has 348 valence electrons. The number of carbonyl (C=O) groups is 2. The first-order valence-corrected chi connectivity index (χ1v) is 25.8. The van der Waals surface area contributed by atoms with E-state index in [4.69, 9.17) is 13.8 Å². The van der Waals surface area contributed by atoms with Gasteiger partial charge in [0, 0.05) is 19.4 Å². The summed E-state index contributed by atoms with van der Waals surface area (Å²) in [6.07, 6.45) is 55.8. The fraction of sp³-hybridized carbons (Fsp3) is 0.760. The second-order valence-electron chi connectivity index (χ2n) is 16.1. The standard InChI is InChI=1S/C50H90NO8P/c1-3-5-7-9-11-13-15-17-19-21-23-24-25-26-28-30-32-34-36-38-40-42-49(53)51-44-45-58-60(55,56)59-47-48(52)46-57-50(54)43-41-39-37-35-33-31-29-27-22-20-18-16-14-12-10-8-6-4-2/h11,13,17,19-20,22-24,26,28,48,52H,3-10,12,14-16,18,21,25,27,29-47H2,1-2H3,(H,51,53)(H,55,56)/b13-11-,19-17-,22-20-,24-23-,28-26-. The van der Waals surface area contributed by atoms with Gasteiger partial charge >= 0.3 is 13.8 Å². The predicted octanol–water partition coefficient (Wildman–Crippen LogP) is 14.1. The van der Waals surface area contributed by atoms with E-state index in [1.807, 2.05) is 0 Å². The Morgan fingerprint density at radius 2 is 0.900 bits per heavy atom. The third kappa shape index (κ3) is 46.8. The van der Waals surface area contributed by atoms with Crippen LogP contribution in [0, 0.1) is 0 Å². The highest BCUT2D eigenvalue weighted by molar-refractivity contribution is 7.47. The summed E-state index contributed by atoms with van der Waals surface area (Å²) in [6.45, 7) is 3.50. The van der Waals surface area contributed by atoms with E-state index >= 15 is 0 Å². The minimum absolute atomic E-state index is 0.0685. The van der Waals surface area contributed by atoms with Gasteiger partial charge in [-0.1, -0.05) is 177 Å². The number of amides is 1. The van der Waals surface area contributed by atoms with Crippen molar-refractivity contribution in [1.29, 1.82) is 0 Å². The molecule has 0 spiro atoms. The van der Waals surface area contributed by atoms with Crippen LogP contribution in [0.1, 0.15) is 213 Å². The Labute approximate surface area is 368 Å². The van der Waals surface area contributed by atoms with E-state index in [-0.39, 0.29) is 32.1 Å². The minimum atomic E-state index is -4.43. The maximum atomic E-state index is 12.1. The van der Waals surface area contributed by atoms with Crippen LogP contribution in [0.5, 0.6) is 0 Å². The molecule has 0 heterocycles. The lowest BCUT2D eigenvalue weighted by atomic mass is 10.1. The Hall–Kier alpha value is -2.29. The molecule has 3 N–H and O–H groups in total. The summed E-state index contributed by atoms with van der Waals surface area (Å²) >= 11 is 0. The number of allylic oxidation sites excluding steroid dienone is 10. The molecule has 0 aromatic rings. The largest absolute Gasteiger partial charge is 0.472 e. The van der Waals surface area contributed by atoms with Crippen LogP contribution < -0.4 is 5.32 Å². The average Bonchev–Trinajstić information content (AvgIpc) is 3.23. The quantitative estimate of drug-likeness (QED) is 0.0239. The summed E-state index contributed by atoms with van der Waals surface area (Å²) in [7, 11) is -4.43. The molecule has 2 unspecified atom stereocenters. The first-order chi connectivity index (χ1) is 29.3. The van der Waals surface area contributed by atoms with Gasteiger partial charge in [-0.3, -0.25) is 18.6 Å². The summed E-state index contributed by atoms with van der Waals surface area (Å²) in [5, 5.41) is 12.7. The van der Waals surface area contributed by atoms with Crippen molar-refractivity contribution in [3.8, 4) is 0 Å². The summed E-state index contributed by atoms with van der Waals surface area (Å²) < 4.78 is 26.9. The molecule has 0 saturated heterocycles. The van der Waals surface area contributed by atoms with Crippen LogP contribution in [0.4, 0.5) is 0 Å². The first kappa shape index (κ1) is 57.7. The number of hydrogen-bond acceptors (Lipinski definition) is 7. The number of unbranched alkanes of at least 4 members (excludes halogenated alkanes) is 22. The molecule has 0 aliphatic rings. The van der Waals surface area contributed by atoms with Crippen molar-refractivity contribution in [1.82, 2.24) is 5.32 Å². The molecule has 0 saturated carbocycles. The molecule has 10 heteroatoms. The highest BCUT2D eigenvalue weighted by Crippen LogP contribution is 2.42. The van der Waals surface area contributed by atoms with Crippen LogP contribution in [0.2, 0.25) is 0 Å². The molecule has 0 aromatic heterocycles. The molecule has 0 rings (SSSR count). The van der Waals surface area contributed by atoms with Gasteiger partial charge < -0.3 is 20.1 Å². The Balaban J connectivity index is 3.63. The van der Waals surface area contributed by atoms with Gasteiger partial charge in [-0.15, -0.1) is 0 Å². The van der Waals surface area contributed by atoms with Crippen LogP contribution in [-0.4, -0.2) is 54.3 Å². The van der Waals surface area contributed by atoms with Gasteiger partial charge in [-0.05, 0) is 83.5 Å². The van der Waals surface area contributed by atoms with Crippen molar-refractivity contribution in [3.63, 3.8) is 0 Å². The molecule has 1 amide bonds. The van der Waals surface area contributed by atoms with E-state index in [9.17, 15) is 24.2 Å². The van der Waals surface area contributed by atoms with E-state index in [1.54, 1.807) is 0 Å². The number of phosphoric ester groups is 1. The number of esters is 1. The molecule has 0 aliphatic heterocycles. The molecule has 60 heavy (non-hydrogen) atoms. The smallest absolute Gasteiger partial charge is 0.463 e. The zero-order valence-electron chi connectivity index (χ0n) is 38.4. The summed E-state index contributed by atoms with van der Waals surface area (Å²) in [4.78, 5) is 34.0. The third-order valence-corrected chi connectivity index (χ3v) is 11.2. The molecule has 0 bridgehead atoms. The van der Waals surface area contributed by atoms with Gasteiger partial charge in [0.25, 0.3) is 0 Å². The zero-order chi connectivity index (χ0) is 43.9. The maximum Gasteiger partial charge on any atom is 0.472 e. The summed E-state index contributed by atoms with van der Waals surface area (Å²) in [6, 6.07) is 0. The average molecular weight is 864 g/mol. The van der Waals surface area contributed by atoms with Gasteiger partial charge in [0.1, 0.15) is 12.7 Å². The zero-order valence-corrected chi connectivity index (χ0v) is 39.3. The first-order valence-electron chi connectivity index (χ1n) is 24.3. The number of ether oxygens (including phenoxy) is 1. The predicted molar refractivity (Wildman–Crippen MR) is 252 cm³/mol. The lowest BCUT2D eigenvalue weighted by molar-refractivity contribution is -0.147. The van der Waals surface area contributed by atoms with Crippen molar-refractivity contribution < 1.29 is 37.9 Å². The molecule has 0 aromatic carbocycles. The van der Waals surface area contributed by atoms with Crippen LogP contribution >= 0.6 is 7.82 Å². The number of rotatable bonds is 45. The van der Waals surface area contributed by atoms with Gasteiger partial charge in [0.05, 0.1) is 13.2 Å². The second kappa shape index (κ2) is 46.2. The Kier molecular flexibility index (Phi) is 44.5. The number of aliphatic hydroxyl groups is 1.